The Kier molecular flexibility index (Phi) is 7.01. The highest BCUT2D eigenvalue weighted by molar-refractivity contribution is 5.82. The van der Waals surface area contributed by atoms with Gasteiger partial charge in [-0.05, 0) is 25.2 Å². The zero-order valence-corrected chi connectivity index (χ0v) is 12.4. The Balaban J connectivity index is 0.000000255. The Bertz CT molecular complexity index is 618. The van der Waals surface area contributed by atoms with E-state index in [1.54, 1.807) is 0 Å². The molecule has 0 bridgehead atoms. The van der Waals surface area contributed by atoms with Crippen LogP contribution in [0.15, 0.2) is 34.0 Å². The lowest BCUT2D eigenvalue weighted by Gasteiger charge is -2.14. The number of carbonyl (C=O) groups is 2. The first-order valence-corrected chi connectivity index (χ1v) is 7.05. The van der Waals surface area contributed by atoms with Crippen LogP contribution in [0.1, 0.15) is 32.6 Å². The van der Waals surface area contributed by atoms with E-state index < -0.39 is 11.7 Å². The van der Waals surface area contributed by atoms with Gasteiger partial charge in [0.05, 0.1) is 0 Å². The van der Waals surface area contributed by atoms with Crippen molar-refractivity contribution in [3.63, 3.8) is 0 Å². The SMILES string of the molecule is C/C=C\CC1CC(=O)CC1CC(=O)O.O=c1cc[nH]c(=O)[nH]1. The average Bonchev–Trinajstić information content (AvgIpc) is 2.76. The number of aliphatic carboxylic acids is 1. The molecule has 1 aliphatic rings. The molecule has 0 aliphatic heterocycles. The molecule has 0 radical (unpaired) electrons. The summed E-state index contributed by atoms with van der Waals surface area (Å²) in [6, 6.07) is 1.24. The molecule has 2 atom stereocenters. The first-order valence-electron chi connectivity index (χ1n) is 7.05. The highest BCUT2D eigenvalue weighted by Gasteiger charge is 2.33. The molecule has 0 saturated heterocycles. The second-order valence-corrected chi connectivity index (χ2v) is 5.17. The number of aromatic nitrogens is 2. The predicted octanol–water partition coefficient (Wildman–Crippen LogP) is 1.09. The molecule has 120 valence electrons. The normalized spacial score (nSPS) is 20.7. The highest BCUT2D eigenvalue weighted by atomic mass is 16.4. The molecular formula is C15H20N2O5. The molecule has 22 heavy (non-hydrogen) atoms. The van der Waals surface area contributed by atoms with Gasteiger partial charge in [0.15, 0.2) is 0 Å². The molecule has 1 fully saturated rings. The topological polar surface area (TPSA) is 120 Å². The van der Waals surface area contributed by atoms with E-state index in [2.05, 4.69) is 4.98 Å². The average molecular weight is 308 g/mol. The molecular weight excluding hydrogens is 288 g/mol. The van der Waals surface area contributed by atoms with E-state index >= 15 is 0 Å². The van der Waals surface area contributed by atoms with Crippen molar-refractivity contribution in [2.45, 2.75) is 32.6 Å². The number of allylic oxidation sites excluding steroid dienone is 2. The molecule has 2 unspecified atom stereocenters. The van der Waals surface area contributed by atoms with Gasteiger partial charge in [-0.3, -0.25) is 19.4 Å². The summed E-state index contributed by atoms with van der Waals surface area (Å²) in [5, 5.41) is 8.67. The van der Waals surface area contributed by atoms with Gasteiger partial charge < -0.3 is 10.1 Å². The van der Waals surface area contributed by atoms with Crippen molar-refractivity contribution in [3.8, 4) is 0 Å². The number of H-pyrrole nitrogens is 2. The van der Waals surface area contributed by atoms with Crippen LogP contribution in [0.3, 0.4) is 0 Å². The van der Waals surface area contributed by atoms with Gasteiger partial charge in [0.1, 0.15) is 5.78 Å². The molecule has 0 spiro atoms. The van der Waals surface area contributed by atoms with Crippen molar-refractivity contribution in [1.29, 1.82) is 0 Å². The van der Waals surface area contributed by atoms with Crippen molar-refractivity contribution >= 4 is 11.8 Å². The number of hydrogen-bond donors (Lipinski definition) is 3. The summed E-state index contributed by atoms with van der Waals surface area (Å²) in [6.45, 7) is 1.93. The van der Waals surface area contributed by atoms with E-state index in [0.717, 1.165) is 6.42 Å². The van der Waals surface area contributed by atoms with Crippen LogP contribution in [-0.2, 0) is 9.59 Å². The largest absolute Gasteiger partial charge is 0.481 e. The Morgan fingerprint density at radius 1 is 1.32 bits per heavy atom. The van der Waals surface area contributed by atoms with E-state index in [1.807, 2.05) is 24.1 Å². The fourth-order valence-electron chi connectivity index (χ4n) is 2.43. The summed E-state index contributed by atoms with van der Waals surface area (Å²) in [5.41, 5.74) is -0.855. The van der Waals surface area contributed by atoms with Gasteiger partial charge in [-0.2, -0.15) is 0 Å². The third-order valence-corrected chi connectivity index (χ3v) is 3.44. The maximum absolute atomic E-state index is 11.2. The Morgan fingerprint density at radius 2 is 2.00 bits per heavy atom. The fourth-order valence-corrected chi connectivity index (χ4v) is 2.43. The van der Waals surface area contributed by atoms with E-state index in [9.17, 15) is 19.2 Å². The smallest absolute Gasteiger partial charge is 0.325 e. The standard InChI is InChI=1S/C11H16O3.C4H4N2O2/c1-2-3-4-8-5-10(12)6-9(8)7-11(13)14;7-3-1-2-5-4(8)6-3/h2-3,8-9H,4-7H2,1H3,(H,13,14);1-2H,(H2,5,6,7,8)/b3-2-;. The summed E-state index contributed by atoms with van der Waals surface area (Å²) in [6.07, 6.45) is 7.23. The van der Waals surface area contributed by atoms with Crippen LogP contribution < -0.4 is 11.2 Å². The molecule has 0 aromatic carbocycles. The van der Waals surface area contributed by atoms with Crippen LogP contribution in [0.5, 0.6) is 0 Å². The van der Waals surface area contributed by atoms with Crippen molar-refractivity contribution in [1.82, 2.24) is 9.97 Å². The van der Waals surface area contributed by atoms with Crippen LogP contribution >= 0.6 is 0 Å². The van der Waals surface area contributed by atoms with Gasteiger partial charge in [0.2, 0.25) is 0 Å². The lowest BCUT2D eigenvalue weighted by atomic mass is 9.90. The third-order valence-electron chi connectivity index (χ3n) is 3.44. The summed E-state index contributed by atoms with van der Waals surface area (Å²) < 4.78 is 0. The number of rotatable bonds is 4. The maximum atomic E-state index is 11.2. The van der Waals surface area contributed by atoms with Gasteiger partial charge in [0, 0.05) is 31.5 Å². The number of carboxylic acid groups (broad SMARTS) is 1. The first kappa shape index (κ1) is 17.6. The van der Waals surface area contributed by atoms with Crippen molar-refractivity contribution < 1.29 is 14.7 Å². The van der Waals surface area contributed by atoms with Crippen molar-refractivity contribution in [2.24, 2.45) is 11.8 Å². The molecule has 1 saturated carbocycles. The minimum absolute atomic E-state index is 0.0520. The predicted molar refractivity (Wildman–Crippen MR) is 80.6 cm³/mol. The number of aromatic amines is 2. The van der Waals surface area contributed by atoms with Crippen molar-refractivity contribution in [2.75, 3.05) is 0 Å². The molecule has 2 rings (SSSR count). The molecule has 7 heteroatoms. The quantitative estimate of drug-likeness (QED) is 0.719. The van der Waals surface area contributed by atoms with E-state index in [-0.39, 0.29) is 29.6 Å². The Hall–Kier alpha value is -2.44. The molecule has 0 amide bonds. The van der Waals surface area contributed by atoms with Crippen LogP contribution in [-0.4, -0.2) is 26.8 Å². The van der Waals surface area contributed by atoms with Crippen LogP contribution in [0.4, 0.5) is 0 Å². The lowest BCUT2D eigenvalue weighted by molar-refractivity contribution is -0.138. The molecule has 1 aromatic rings. The zero-order valence-electron chi connectivity index (χ0n) is 12.4. The number of carbonyl (C=O) groups excluding carboxylic acids is 1. The molecule has 3 N–H and O–H groups in total. The minimum atomic E-state index is -0.796. The van der Waals surface area contributed by atoms with E-state index in [0.29, 0.717) is 12.8 Å². The fraction of sp³-hybridized carbons (Fsp3) is 0.467. The number of hydrogen-bond acceptors (Lipinski definition) is 4. The monoisotopic (exact) mass is 308 g/mol. The molecule has 1 heterocycles. The second-order valence-electron chi connectivity index (χ2n) is 5.17. The summed E-state index contributed by atoms with van der Waals surface area (Å²) in [7, 11) is 0. The van der Waals surface area contributed by atoms with Gasteiger partial charge in [-0.1, -0.05) is 12.2 Å². The van der Waals surface area contributed by atoms with Gasteiger partial charge >= 0.3 is 11.7 Å². The van der Waals surface area contributed by atoms with Gasteiger partial charge in [-0.25, -0.2) is 4.79 Å². The first-order chi connectivity index (χ1) is 10.4. The van der Waals surface area contributed by atoms with Crippen LogP contribution in [0.2, 0.25) is 0 Å². The van der Waals surface area contributed by atoms with Gasteiger partial charge in [-0.15, -0.1) is 0 Å². The molecule has 7 nitrogen and oxygen atoms in total. The maximum Gasteiger partial charge on any atom is 0.325 e. The second kappa shape index (κ2) is 8.76. The Labute approximate surface area is 127 Å². The third kappa shape index (κ3) is 6.34. The zero-order chi connectivity index (χ0) is 16.5. The summed E-state index contributed by atoms with van der Waals surface area (Å²) in [4.78, 5) is 46.4. The van der Waals surface area contributed by atoms with Crippen LogP contribution in [0.25, 0.3) is 0 Å². The van der Waals surface area contributed by atoms with Gasteiger partial charge in [0.25, 0.3) is 5.56 Å². The van der Waals surface area contributed by atoms with E-state index in [4.69, 9.17) is 5.11 Å². The summed E-state index contributed by atoms with van der Waals surface area (Å²) >= 11 is 0. The number of ketones is 1. The number of Topliss-reactive ketones (excluding diaryl/α,β-unsaturated/α-hetero) is 1. The van der Waals surface area contributed by atoms with Crippen LogP contribution in [0, 0.1) is 11.8 Å². The lowest BCUT2D eigenvalue weighted by Crippen LogP contribution is -2.19. The minimum Gasteiger partial charge on any atom is -0.481 e. The number of nitrogens with one attached hydrogen (secondary N) is 2. The Morgan fingerprint density at radius 3 is 2.50 bits per heavy atom. The highest BCUT2D eigenvalue weighted by Crippen LogP contribution is 2.34. The summed E-state index contributed by atoms with van der Waals surface area (Å²) in [5.74, 6) is -0.285. The molecule has 1 aliphatic carbocycles. The van der Waals surface area contributed by atoms with Crippen molar-refractivity contribution in [3.05, 3.63) is 45.3 Å². The number of carboxylic acids is 1. The van der Waals surface area contributed by atoms with E-state index in [1.165, 1.54) is 12.3 Å². The molecule has 1 aromatic heterocycles.